The van der Waals surface area contributed by atoms with E-state index >= 15 is 0 Å². The fraction of sp³-hybridized carbons (Fsp3) is 0.227. The molecule has 0 unspecified atom stereocenters. The zero-order valence-electron chi connectivity index (χ0n) is 17.2. The van der Waals surface area contributed by atoms with E-state index in [1.165, 1.54) is 6.07 Å². The van der Waals surface area contributed by atoms with Crippen LogP contribution in [0.5, 0.6) is 0 Å². The summed E-state index contributed by atoms with van der Waals surface area (Å²) in [5.74, 6) is 0.748. The second-order valence-electron chi connectivity index (χ2n) is 7.64. The SMILES string of the molecule is CC(C)c1cnn2c(NCCc3c[nH]c4cccnc34)nc(-c3cncc(F)c3)nc12. The highest BCUT2D eigenvalue weighted by Crippen LogP contribution is 2.24. The first-order valence-corrected chi connectivity index (χ1v) is 10.1. The van der Waals surface area contributed by atoms with Gasteiger partial charge in [-0.25, -0.2) is 9.37 Å². The molecule has 5 aromatic heterocycles. The average molecular weight is 416 g/mol. The van der Waals surface area contributed by atoms with Gasteiger partial charge in [-0.15, -0.1) is 0 Å². The minimum absolute atomic E-state index is 0.232. The first-order chi connectivity index (χ1) is 15.1. The van der Waals surface area contributed by atoms with Gasteiger partial charge in [0, 0.05) is 36.3 Å². The summed E-state index contributed by atoms with van der Waals surface area (Å²) in [5.41, 5.74) is 5.30. The van der Waals surface area contributed by atoms with Crippen molar-refractivity contribution in [2.24, 2.45) is 0 Å². The van der Waals surface area contributed by atoms with Crippen LogP contribution in [-0.4, -0.2) is 41.1 Å². The number of pyridine rings is 2. The van der Waals surface area contributed by atoms with E-state index in [9.17, 15) is 4.39 Å². The van der Waals surface area contributed by atoms with Crippen molar-refractivity contribution >= 4 is 22.6 Å². The van der Waals surface area contributed by atoms with Gasteiger partial charge in [-0.2, -0.15) is 14.6 Å². The van der Waals surface area contributed by atoms with Gasteiger partial charge in [0.1, 0.15) is 5.82 Å². The Labute approximate surface area is 177 Å². The summed E-state index contributed by atoms with van der Waals surface area (Å²) in [6, 6.07) is 5.29. The smallest absolute Gasteiger partial charge is 0.227 e. The van der Waals surface area contributed by atoms with Crippen molar-refractivity contribution < 1.29 is 4.39 Å². The molecule has 31 heavy (non-hydrogen) atoms. The van der Waals surface area contributed by atoms with Gasteiger partial charge in [0.05, 0.1) is 23.4 Å². The summed E-state index contributed by atoms with van der Waals surface area (Å²) >= 11 is 0. The lowest BCUT2D eigenvalue weighted by atomic mass is 10.1. The summed E-state index contributed by atoms with van der Waals surface area (Å²) in [6.45, 7) is 4.78. The van der Waals surface area contributed by atoms with Crippen molar-refractivity contribution in [2.75, 3.05) is 11.9 Å². The van der Waals surface area contributed by atoms with Crippen LogP contribution in [0.15, 0.2) is 49.2 Å². The molecule has 8 nitrogen and oxygen atoms in total. The number of H-pyrrole nitrogens is 1. The summed E-state index contributed by atoms with van der Waals surface area (Å²) < 4.78 is 15.4. The first kappa shape index (κ1) is 19.1. The minimum atomic E-state index is -0.431. The molecule has 0 aliphatic carbocycles. The molecule has 9 heteroatoms. The van der Waals surface area contributed by atoms with Crippen molar-refractivity contribution in [3.8, 4) is 11.4 Å². The second-order valence-corrected chi connectivity index (χ2v) is 7.64. The van der Waals surface area contributed by atoms with Crippen LogP contribution >= 0.6 is 0 Å². The average Bonchev–Trinajstić information content (AvgIpc) is 3.38. The van der Waals surface area contributed by atoms with Crippen molar-refractivity contribution in [1.29, 1.82) is 0 Å². The Bertz CT molecular complexity index is 1370. The van der Waals surface area contributed by atoms with Crippen LogP contribution in [0.3, 0.4) is 0 Å². The molecule has 5 heterocycles. The molecular formula is C22H21FN8. The molecule has 156 valence electrons. The van der Waals surface area contributed by atoms with E-state index in [4.69, 9.17) is 0 Å². The van der Waals surface area contributed by atoms with Crippen molar-refractivity contribution in [1.82, 2.24) is 34.5 Å². The normalized spacial score (nSPS) is 11.6. The van der Waals surface area contributed by atoms with Gasteiger partial charge >= 0.3 is 0 Å². The first-order valence-electron chi connectivity index (χ1n) is 10.1. The van der Waals surface area contributed by atoms with Gasteiger partial charge in [-0.1, -0.05) is 13.8 Å². The predicted octanol–water partition coefficient (Wildman–Crippen LogP) is 3.98. The number of aromatic nitrogens is 7. The van der Waals surface area contributed by atoms with Crippen molar-refractivity contribution in [3.63, 3.8) is 0 Å². The lowest BCUT2D eigenvalue weighted by molar-refractivity contribution is 0.622. The van der Waals surface area contributed by atoms with Crippen LogP contribution in [0.25, 0.3) is 28.1 Å². The number of hydrogen-bond acceptors (Lipinski definition) is 6. The van der Waals surface area contributed by atoms with E-state index in [-0.39, 0.29) is 5.92 Å². The molecule has 0 bridgehead atoms. The van der Waals surface area contributed by atoms with Crippen LogP contribution in [0, 0.1) is 5.82 Å². The molecule has 0 saturated heterocycles. The van der Waals surface area contributed by atoms with Crippen LogP contribution in [0.1, 0.15) is 30.9 Å². The maximum atomic E-state index is 13.7. The molecule has 0 fully saturated rings. The number of hydrogen-bond donors (Lipinski definition) is 2. The quantitative estimate of drug-likeness (QED) is 0.435. The Morgan fingerprint density at radius 1 is 1.19 bits per heavy atom. The van der Waals surface area contributed by atoms with Crippen molar-refractivity contribution in [2.45, 2.75) is 26.2 Å². The minimum Gasteiger partial charge on any atom is -0.360 e. The molecular weight excluding hydrogens is 395 g/mol. The van der Waals surface area contributed by atoms with E-state index in [0.717, 1.165) is 34.8 Å². The molecule has 5 rings (SSSR count). The van der Waals surface area contributed by atoms with Crippen LogP contribution in [-0.2, 0) is 6.42 Å². The molecule has 0 amide bonds. The lowest BCUT2D eigenvalue weighted by Gasteiger charge is -2.10. The molecule has 0 spiro atoms. The number of aromatic amines is 1. The Kier molecular flexibility index (Phi) is 4.78. The highest BCUT2D eigenvalue weighted by atomic mass is 19.1. The lowest BCUT2D eigenvalue weighted by Crippen LogP contribution is -2.12. The topological polar surface area (TPSA) is 96.7 Å². The summed E-state index contributed by atoms with van der Waals surface area (Å²) in [4.78, 5) is 20.9. The molecule has 0 saturated carbocycles. The Hall–Kier alpha value is -3.88. The molecule has 0 aliphatic rings. The summed E-state index contributed by atoms with van der Waals surface area (Å²) in [5, 5.41) is 7.84. The zero-order chi connectivity index (χ0) is 21.4. The Balaban J connectivity index is 1.49. The highest BCUT2D eigenvalue weighted by molar-refractivity contribution is 5.78. The molecule has 0 radical (unpaired) electrons. The number of anilines is 1. The van der Waals surface area contributed by atoms with Gasteiger partial charge in [0.2, 0.25) is 5.95 Å². The number of rotatable bonds is 6. The molecule has 5 aromatic rings. The van der Waals surface area contributed by atoms with Crippen LogP contribution in [0.2, 0.25) is 0 Å². The third kappa shape index (κ3) is 3.58. The third-order valence-corrected chi connectivity index (χ3v) is 5.17. The maximum Gasteiger partial charge on any atom is 0.227 e. The van der Waals surface area contributed by atoms with Crippen LogP contribution in [0.4, 0.5) is 10.3 Å². The van der Waals surface area contributed by atoms with Gasteiger partial charge in [0.25, 0.3) is 0 Å². The summed E-state index contributed by atoms with van der Waals surface area (Å²) in [6.07, 6.45) is 9.03. The standard InChI is InChI=1S/C22H21FN8/c1-13(2)17-12-28-31-21(17)29-20(15-8-16(23)11-24-9-15)30-22(31)26-7-5-14-10-27-18-4-3-6-25-19(14)18/h3-4,6,8-13,27H,5,7H2,1-2H3,(H,26,29,30). The molecule has 0 aromatic carbocycles. The molecule has 0 aliphatic heterocycles. The predicted molar refractivity (Wildman–Crippen MR) is 116 cm³/mol. The maximum absolute atomic E-state index is 13.7. The largest absolute Gasteiger partial charge is 0.360 e. The number of halogens is 1. The highest BCUT2D eigenvalue weighted by Gasteiger charge is 2.16. The number of nitrogens with zero attached hydrogens (tertiary/aromatic N) is 6. The van der Waals surface area contributed by atoms with E-state index < -0.39 is 5.82 Å². The Morgan fingerprint density at radius 3 is 2.94 bits per heavy atom. The molecule has 2 N–H and O–H groups in total. The second kappa shape index (κ2) is 7.75. The molecule has 0 atom stereocenters. The van der Waals surface area contributed by atoms with Gasteiger partial charge in [-0.05, 0) is 36.1 Å². The number of nitrogens with one attached hydrogen (secondary N) is 2. The monoisotopic (exact) mass is 416 g/mol. The third-order valence-electron chi connectivity index (χ3n) is 5.17. The number of fused-ring (bicyclic) bond motifs is 2. The van der Waals surface area contributed by atoms with E-state index in [2.05, 4.69) is 49.2 Å². The van der Waals surface area contributed by atoms with Crippen LogP contribution < -0.4 is 5.32 Å². The van der Waals surface area contributed by atoms with Gasteiger partial charge < -0.3 is 10.3 Å². The Morgan fingerprint density at radius 2 is 2.10 bits per heavy atom. The fourth-order valence-corrected chi connectivity index (χ4v) is 3.59. The van der Waals surface area contributed by atoms with Gasteiger partial charge in [0.15, 0.2) is 11.5 Å². The fourth-order valence-electron chi connectivity index (χ4n) is 3.59. The van der Waals surface area contributed by atoms with E-state index in [1.54, 1.807) is 23.1 Å². The van der Waals surface area contributed by atoms with E-state index in [0.29, 0.717) is 29.5 Å². The van der Waals surface area contributed by atoms with Gasteiger partial charge in [-0.3, -0.25) is 9.97 Å². The van der Waals surface area contributed by atoms with E-state index in [1.807, 2.05) is 18.3 Å². The summed E-state index contributed by atoms with van der Waals surface area (Å²) in [7, 11) is 0. The zero-order valence-corrected chi connectivity index (χ0v) is 17.2. The van der Waals surface area contributed by atoms with Crippen molar-refractivity contribution in [3.05, 3.63) is 66.1 Å².